The molecule has 0 saturated heterocycles. The first-order valence-corrected chi connectivity index (χ1v) is 6.64. The first-order chi connectivity index (χ1) is 8.54. The Morgan fingerprint density at radius 3 is 2.44 bits per heavy atom. The summed E-state index contributed by atoms with van der Waals surface area (Å²) in [7, 11) is 0. The molecule has 1 rings (SSSR count). The number of nitrogens with two attached hydrogens (primary N) is 1. The number of rotatable bonds is 6. The molecule has 0 radical (unpaired) electrons. The third-order valence-corrected chi connectivity index (χ3v) is 3.33. The van der Waals surface area contributed by atoms with Crippen molar-refractivity contribution >= 4 is 5.91 Å². The van der Waals surface area contributed by atoms with Crippen LogP contribution in [-0.2, 0) is 11.2 Å². The van der Waals surface area contributed by atoms with Crippen molar-refractivity contribution in [3.05, 3.63) is 35.9 Å². The van der Waals surface area contributed by atoms with Crippen LogP contribution in [0.25, 0.3) is 0 Å². The van der Waals surface area contributed by atoms with Crippen LogP contribution in [0.5, 0.6) is 0 Å². The number of hydrogen-bond acceptors (Lipinski definition) is 2. The zero-order chi connectivity index (χ0) is 13.5. The summed E-state index contributed by atoms with van der Waals surface area (Å²) in [5.41, 5.74) is 7.13. The second kappa shape index (κ2) is 7.17. The molecule has 3 heteroatoms. The maximum atomic E-state index is 11.9. The van der Waals surface area contributed by atoms with Gasteiger partial charge in [0.15, 0.2) is 0 Å². The second-order valence-electron chi connectivity index (χ2n) is 5.01. The molecule has 0 spiro atoms. The number of carbonyl (C=O) groups is 1. The molecule has 100 valence electrons. The Morgan fingerprint density at radius 1 is 1.28 bits per heavy atom. The molecular weight excluding hydrogens is 224 g/mol. The molecule has 3 nitrogen and oxygen atoms in total. The quantitative estimate of drug-likeness (QED) is 0.810. The highest BCUT2D eigenvalue weighted by molar-refractivity contribution is 5.82. The highest BCUT2D eigenvalue weighted by atomic mass is 16.2. The minimum Gasteiger partial charge on any atom is -0.352 e. The summed E-state index contributed by atoms with van der Waals surface area (Å²) in [5, 5.41) is 2.98. The summed E-state index contributed by atoms with van der Waals surface area (Å²) in [6.07, 6.45) is 1.75. The van der Waals surface area contributed by atoms with Crippen molar-refractivity contribution < 1.29 is 4.79 Å². The van der Waals surface area contributed by atoms with E-state index in [-0.39, 0.29) is 17.9 Å². The van der Waals surface area contributed by atoms with Gasteiger partial charge in [-0.05, 0) is 24.8 Å². The first-order valence-electron chi connectivity index (χ1n) is 6.64. The monoisotopic (exact) mass is 248 g/mol. The van der Waals surface area contributed by atoms with E-state index in [1.54, 1.807) is 0 Å². The maximum Gasteiger partial charge on any atom is 0.237 e. The molecule has 0 fully saturated rings. The smallest absolute Gasteiger partial charge is 0.237 e. The molecule has 1 aromatic rings. The van der Waals surface area contributed by atoms with E-state index in [2.05, 4.69) is 17.4 Å². The molecule has 0 bridgehead atoms. The molecular formula is C15H24N2O. The maximum absolute atomic E-state index is 11.9. The average Bonchev–Trinajstić information content (AvgIpc) is 2.37. The summed E-state index contributed by atoms with van der Waals surface area (Å²) in [4.78, 5) is 11.9. The number of amides is 1. The summed E-state index contributed by atoms with van der Waals surface area (Å²) in [6.45, 7) is 6.06. The molecule has 0 aliphatic carbocycles. The van der Waals surface area contributed by atoms with Crippen LogP contribution in [0.3, 0.4) is 0 Å². The molecule has 0 aliphatic rings. The summed E-state index contributed by atoms with van der Waals surface area (Å²) >= 11 is 0. The van der Waals surface area contributed by atoms with Gasteiger partial charge in [0.2, 0.25) is 5.91 Å². The zero-order valence-corrected chi connectivity index (χ0v) is 11.5. The van der Waals surface area contributed by atoms with E-state index in [1.807, 2.05) is 39.0 Å². The Morgan fingerprint density at radius 2 is 1.89 bits per heavy atom. The molecule has 0 aliphatic heterocycles. The summed E-state index contributed by atoms with van der Waals surface area (Å²) in [6, 6.07) is 9.84. The lowest BCUT2D eigenvalue weighted by atomic mass is 9.98. The van der Waals surface area contributed by atoms with Crippen LogP contribution >= 0.6 is 0 Å². The number of nitrogens with one attached hydrogen (secondary N) is 1. The molecule has 18 heavy (non-hydrogen) atoms. The lowest BCUT2D eigenvalue weighted by molar-refractivity contribution is -0.124. The van der Waals surface area contributed by atoms with E-state index < -0.39 is 6.04 Å². The van der Waals surface area contributed by atoms with Crippen LogP contribution in [0, 0.1) is 5.92 Å². The molecule has 0 heterocycles. The van der Waals surface area contributed by atoms with Gasteiger partial charge in [-0.3, -0.25) is 4.79 Å². The van der Waals surface area contributed by atoms with Gasteiger partial charge in [0.05, 0.1) is 6.04 Å². The normalized spacial score (nSPS) is 15.8. The van der Waals surface area contributed by atoms with Crippen molar-refractivity contribution in [3.8, 4) is 0 Å². The van der Waals surface area contributed by atoms with Crippen molar-refractivity contribution in [3.63, 3.8) is 0 Å². The fraction of sp³-hybridized carbons (Fsp3) is 0.533. The summed E-state index contributed by atoms with van der Waals surface area (Å²) in [5.74, 6) is 0.168. The molecule has 1 aromatic carbocycles. The first kappa shape index (κ1) is 14.7. The van der Waals surface area contributed by atoms with Gasteiger partial charge >= 0.3 is 0 Å². The zero-order valence-electron chi connectivity index (χ0n) is 11.5. The minimum atomic E-state index is -0.409. The number of hydrogen-bond donors (Lipinski definition) is 2. The Bertz CT molecular complexity index is 364. The molecule has 3 N–H and O–H groups in total. The third-order valence-electron chi connectivity index (χ3n) is 3.33. The van der Waals surface area contributed by atoms with Crippen LogP contribution in [0.1, 0.15) is 32.8 Å². The van der Waals surface area contributed by atoms with Crippen LogP contribution in [0.2, 0.25) is 0 Å². The van der Waals surface area contributed by atoms with Gasteiger partial charge in [-0.1, -0.05) is 50.6 Å². The largest absolute Gasteiger partial charge is 0.352 e. The van der Waals surface area contributed by atoms with E-state index in [4.69, 9.17) is 5.73 Å². The van der Waals surface area contributed by atoms with Crippen molar-refractivity contribution in [2.24, 2.45) is 11.7 Å². The van der Waals surface area contributed by atoms with Gasteiger partial charge in [-0.15, -0.1) is 0 Å². The Balaban J connectivity index is 2.45. The highest BCUT2D eigenvalue weighted by Gasteiger charge is 2.20. The Hall–Kier alpha value is -1.35. The third kappa shape index (κ3) is 4.49. The van der Waals surface area contributed by atoms with Gasteiger partial charge in [-0.25, -0.2) is 0 Å². The van der Waals surface area contributed by atoms with Crippen LogP contribution in [0.15, 0.2) is 30.3 Å². The average molecular weight is 248 g/mol. The lowest BCUT2D eigenvalue weighted by Crippen LogP contribution is -2.48. The number of benzene rings is 1. The molecule has 3 atom stereocenters. The Kier molecular flexibility index (Phi) is 5.86. The lowest BCUT2D eigenvalue weighted by Gasteiger charge is -2.21. The predicted molar refractivity (Wildman–Crippen MR) is 75.2 cm³/mol. The van der Waals surface area contributed by atoms with Gasteiger partial charge in [-0.2, -0.15) is 0 Å². The minimum absolute atomic E-state index is 0.0484. The predicted octanol–water partition coefficient (Wildman–Crippen LogP) is 2.11. The fourth-order valence-electron chi connectivity index (χ4n) is 1.87. The van der Waals surface area contributed by atoms with Gasteiger partial charge < -0.3 is 11.1 Å². The van der Waals surface area contributed by atoms with Crippen molar-refractivity contribution in [1.29, 1.82) is 0 Å². The summed E-state index contributed by atoms with van der Waals surface area (Å²) < 4.78 is 0. The highest BCUT2D eigenvalue weighted by Crippen LogP contribution is 2.07. The van der Waals surface area contributed by atoms with Crippen LogP contribution in [-0.4, -0.2) is 18.0 Å². The van der Waals surface area contributed by atoms with Gasteiger partial charge in [0, 0.05) is 6.04 Å². The molecule has 0 aromatic heterocycles. The Labute approximate surface area is 110 Å². The van der Waals surface area contributed by atoms with E-state index >= 15 is 0 Å². The van der Waals surface area contributed by atoms with E-state index in [0.29, 0.717) is 0 Å². The number of carbonyl (C=O) groups excluding carboxylic acids is 1. The van der Waals surface area contributed by atoms with Crippen LogP contribution in [0.4, 0.5) is 0 Å². The molecule has 0 saturated carbocycles. The van der Waals surface area contributed by atoms with Crippen molar-refractivity contribution in [2.45, 2.75) is 45.7 Å². The van der Waals surface area contributed by atoms with E-state index in [1.165, 1.54) is 5.56 Å². The molecule has 1 amide bonds. The van der Waals surface area contributed by atoms with Gasteiger partial charge in [0.25, 0.3) is 0 Å². The van der Waals surface area contributed by atoms with E-state index in [9.17, 15) is 4.79 Å². The SMILES string of the molecule is CC[C@H](C)[C@H](N)C(=O)NC(C)Cc1ccccc1. The second-order valence-corrected chi connectivity index (χ2v) is 5.01. The molecule has 1 unspecified atom stereocenters. The topological polar surface area (TPSA) is 55.1 Å². The van der Waals surface area contributed by atoms with Crippen LogP contribution < -0.4 is 11.1 Å². The fourth-order valence-corrected chi connectivity index (χ4v) is 1.87. The van der Waals surface area contributed by atoms with Crippen molar-refractivity contribution in [2.75, 3.05) is 0 Å². The van der Waals surface area contributed by atoms with Gasteiger partial charge in [0.1, 0.15) is 0 Å². The van der Waals surface area contributed by atoms with E-state index in [0.717, 1.165) is 12.8 Å². The standard InChI is InChI=1S/C15H24N2O/c1-4-11(2)14(16)15(18)17-12(3)10-13-8-6-5-7-9-13/h5-9,11-12,14H,4,10,16H2,1-3H3,(H,17,18)/t11-,12?,14-/m0/s1. The van der Waals surface area contributed by atoms with Crippen molar-refractivity contribution in [1.82, 2.24) is 5.32 Å².